The third kappa shape index (κ3) is 4.39. The Bertz CT molecular complexity index is 1280. The van der Waals surface area contributed by atoms with Crippen LogP contribution in [0.5, 0.6) is 0 Å². The van der Waals surface area contributed by atoms with Crippen molar-refractivity contribution in [1.82, 2.24) is 10.3 Å². The van der Waals surface area contributed by atoms with E-state index in [-0.39, 0.29) is 30.2 Å². The number of carboxylic acid groups (broad SMARTS) is 1. The molecule has 2 aliphatic rings. The number of hydrogen-bond donors (Lipinski definition) is 2. The maximum absolute atomic E-state index is 13.7. The van der Waals surface area contributed by atoms with E-state index in [0.717, 1.165) is 29.7 Å². The van der Waals surface area contributed by atoms with Crippen molar-refractivity contribution in [3.05, 3.63) is 99.8 Å². The van der Waals surface area contributed by atoms with Crippen LogP contribution in [0.1, 0.15) is 55.3 Å². The van der Waals surface area contributed by atoms with Crippen LogP contribution in [0.3, 0.4) is 0 Å². The normalized spacial score (nSPS) is 25.6. The summed E-state index contributed by atoms with van der Waals surface area (Å²) in [6.07, 6.45) is 3.92. The summed E-state index contributed by atoms with van der Waals surface area (Å²) in [7, 11) is 0. The molecule has 4 atom stereocenters. The summed E-state index contributed by atoms with van der Waals surface area (Å²) < 4.78 is 0. The van der Waals surface area contributed by atoms with Crippen molar-refractivity contribution in [3.63, 3.8) is 0 Å². The lowest BCUT2D eigenvalue weighted by molar-refractivity contribution is -0.148. The highest BCUT2D eigenvalue weighted by Crippen LogP contribution is 2.58. The molecule has 3 aromatic rings. The molecule has 5 rings (SSSR count). The number of nitrogens with zero attached hydrogens (tertiary/aromatic N) is 1. The molecular weight excluding hydrogens is 495 g/mol. The number of pyridine rings is 1. The molecule has 2 N–H and O–H groups in total. The maximum Gasteiger partial charge on any atom is 0.304 e. The number of carbonyl (C=O) groups is 2. The number of amides is 1. The highest BCUT2D eigenvalue weighted by Gasteiger charge is 2.60. The molecule has 5 nitrogen and oxygen atoms in total. The summed E-state index contributed by atoms with van der Waals surface area (Å²) in [5.41, 5.74) is 1.20. The van der Waals surface area contributed by atoms with E-state index in [1.165, 1.54) is 0 Å². The fourth-order valence-electron chi connectivity index (χ4n) is 6.13. The average molecular weight is 523 g/mol. The SMILES string of the molecule is C[C@@]1(CC(=O)O)C[C@H](c2cccc(Cl)c2)[C@@H](C(c2ccc(Cl)cc2)(c2ccccn2)C2CC2)NC1=O. The molecule has 1 unspecified atom stereocenters. The Labute approximate surface area is 220 Å². The Kier molecular flexibility index (Phi) is 6.56. The van der Waals surface area contributed by atoms with Crippen LogP contribution in [0.15, 0.2) is 72.9 Å². The van der Waals surface area contributed by atoms with Crippen molar-refractivity contribution in [2.24, 2.45) is 11.3 Å². The minimum Gasteiger partial charge on any atom is -0.481 e. The van der Waals surface area contributed by atoms with Crippen molar-refractivity contribution in [3.8, 4) is 0 Å². The molecule has 2 heterocycles. The molecule has 7 heteroatoms. The second-order valence-electron chi connectivity index (χ2n) is 10.3. The predicted molar refractivity (Wildman–Crippen MR) is 140 cm³/mol. The Morgan fingerprint density at radius 3 is 2.44 bits per heavy atom. The van der Waals surface area contributed by atoms with E-state index >= 15 is 0 Å². The first kappa shape index (κ1) is 24.8. The van der Waals surface area contributed by atoms with Crippen LogP contribution in [0.25, 0.3) is 0 Å². The van der Waals surface area contributed by atoms with Gasteiger partial charge < -0.3 is 10.4 Å². The van der Waals surface area contributed by atoms with Crippen LogP contribution in [0.2, 0.25) is 10.0 Å². The van der Waals surface area contributed by atoms with E-state index in [9.17, 15) is 14.7 Å². The van der Waals surface area contributed by atoms with Gasteiger partial charge >= 0.3 is 5.97 Å². The van der Waals surface area contributed by atoms with Crippen molar-refractivity contribution < 1.29 is 14.7 Å². The van der Waals surface area contributed by atoms with Gasteiger partial charge in [-0.05, 0) is 72.7 Å². The van der Waals surface area contributed by atoms with Crippen molar-refractivity contribution in [1.29, 1.82) is 0 Å². The monoisotopic (exact) mass is 522 g/mol. The van der Waals surface area contributed by atoms with Crippen molar-refractivity contribution >= 4 is 35.1 Å². The molecule has 1 aromatic heterocycles. The van der Waals surface area contributed by atoms with Gasteiger partial charge in [-0.25, -0.2) is 0 Å². The van der Waals surface area contributed by atoms with E-state index in [1.54, 1.807) is 13.1 Å². The molecule has 1 saturated heterocycles. The largest absolute Gasteiger partial charge is 0.481 e. The zero-order chi connectivity index (χ0) is 25.5. The highest BCUT2D eigenvalue weighted by atomic mass is 35.5. The Balaban J connectivity index is 1.75. The predicted octanol–water partition coefficient (Wildman–Crippen LogP) is 6.24. The van der Waals surface area contributed by atoms with Crippen molar-refractivity contribution in [2.75, 3.05) is 0 Å². The second kappa shape index (κ2) is 9.53. The first-order valence-electron chi connectivity index (χ1n) is 12.2. The third-order valence-corrected chi connectivity index (χ3v) is 8.34. The second-order valence-corrected chi connectivity index (χ2v) is 11.2. The lowest BCUT2D eigenvalue weighted by Gasteiger charge is -2.51. The molecule has 186 valence electrons. The molecule has 36 heavy (non-hydrogen) atoms. The van der Waals surface area contributed by atoms with Crippen LogP contribution in [0, 0.1) is 11.3 Å². The van der Waals surface area contributed by atoms with Gasteiger partial charge in [-0.2, -0.15) is 0 Å². The first-order valence-corrected chi connectivity index (χ1v) is 13.0. The number of hydrogen-bond acceptors (Lipinski definition) is 3. The van der Waals surface area contributed by atoms with Gasteiger partial charge in [0.25, 0.3) is 0 Å². The van der Waals surface area contributed by atoms with Gasteiger partial charge in [-0.15, -0.1) is 0 Å². The number of benzene rings is 2. The van der Waals surface area contributed by atoms with E-state index in [0.29, 0.717) is 16.5 Å². The van der Waals surface area contributed by atoms with Gasteiger partial charge in [-0.1, -0.05) is 60.5 Å². The quantitative estimate of drug-likeness (QED) is 0.385. The minimum absolute atomic E-state index is 0.191. The number of carboxylic acids is 1. The molecule has 1 saturated carbocycles. The number of nitrogens with one attached hydrogen (secondary N) is 1. The van der Waals surface area contributed by atoms with Crippen LogP contribution < -0.4 is 5.32 Å². The summed E-state index contributed by atoms with van der Waals surface area (Å²) in [5, 5.41) is 14.2. The third-order valence-electron chi connectivity index (χ3n) is 7.85. The van der Waals surface area contributed by atoms with Gasteiger partial charge in [0.05, 0.1) is 29.0 Å². The van der Waals surface area contributed by atoms with Crippen LogP contribution in [-0.4, -0.2) is 28.0 Å². The molecule has 0 bridgehead atoms. The first-order chi connectivity index (χ1) is 17.2. The highest BCUT2D eigenvalue weighted by molar-refractivity contribution is 6.30. The Morgan fingerprint density at radius 2 is 1.83 bits per heavy atom. The van der Waals surface area contributed by atoms with Crippen LogP contribution >= 0.6 is 23.2 Å². The van der Waals surface area contributed by atoms with E-state index < -0.39 is 16.8 Å². The van der Waals surface area contributed by atoms with E-state index in [4.69, 9.17) is 28.2 Å². The molecule has 2 aromatic carbocycles. The summed E-state index contributed by atoms with van der Waals surface area (Å²) in [6.45, 7) is 1.74. The summed E-state index contributed by atoms with van der Waals surface area (Å²) in [6, 6.07) is 21.0. The standard InChI is InChI=1S/C29H28Cl2N2O3/c1-28(17-25(34)35)16-23(18-5-4-6-22(31)15-18)26(33-27(28)36)29(19-8-9-19,24-7-2-3-14-32-24)20-10-12-21(30)13-11-20/h2-7,10-15,19,23,26H,8-9,16-17H2,1H3,(H,33,36)(H,34,35)/t23-,26+,28+,29?/m1/s1. The summed E-state index contributed by atoms with van der Waals surface area (Å²) in [4.78, 5) is 30.3. The molecule has 1 amide bonds. The van der Waals surface area contributed by atoms with Gasteiger partial charge in [0.15, 0.2) is 0 Å². The Morgan fingerprint density at radius 1 is 1.08 bits per heavy atom. The molecule has 2 fully saturated rings. The molecule has 0 spiro atoms. The lowest BCUT2D eigenvalue weighted by Crippen LogP contribution is -2.62. The van der Waals surface area contributed by atoms with Crippen LogP contribution in [-0.2, 0) is 15.0 Å². The smallest absolute Gasteiger partial charge is 0.304 e. The lowest BCUT2D eigenvalue weighted by atomic mass is 9.58. The van der Waals surface area contributed by atoms with Gasteiger partial charge in [0.2, 0.25) is 5.91 Å². The number of carbonyl (C=O) groups excluding carboxylic acids is 1. The zero-order valence-electron chi connectivity index (χ0n) is 20.0. The fourth-order valence-corrected chi connectivity index (χ4v) is 6.46. The number of piperidine rings is 1. The van der Waals surface area contributed by atoms with Gasteiger partial charge in [0, 0.05) is 22.2 Å². The van der Waals surface area contributed by atoms with Crippen molar-refractivity contribution in [2.45, 2.75) is 50.0 Å². The average Bonchev–Trinajstić information content (AvgIpc) is 3.69. The molecule has 0 radical (unpaired) electrons. The van der Waals surface area contributed by atoms with Crippen LogP contribution in [0.4, 0.5) is 0 Å². The number of aliphatic carboxylic acids is 1. The fraction of sp³-hybridized carbons (Fsp3) is 0.345. The zero-order valence-corrected chi connectivity index (χ0v) is 21.5. The Hall–Kier alpha value is -2.89. The number of halogens is 2. The maximum atomic E-state index is 13.7. The number of aromatic nitrogens is 1. The molecule has 1 aliphatic heterocycles. The topological polar surface area (TPSA) is 79.3 Å². The van der Waals surface area contributed by atoms with E-state index in [2.05, 4.69) is 5.32 Å². The van der Waals surface area contributed by atoms with Gasteiger partial charge in [-0.3, -0.25) is 14.6 Å². The summed E-state index contributed by atoms with van der Waals surface area (Å²) in [5.74, 6) is -1.18. The molecular formula is C29H28Cl2N2O3. The van der Waals surface area contributed by atoms with E-state index in [1.807, 2.05) is 66.7 Å². The minimum atomic E-state index is -1.06. The molecule has 1 aliphatic carbocycles. The summed E-state index contributed by atoms with van der Waals surface area (Å²) >= 11 is 12.7. The number of rotatable bonds is 7. The van der Waals surface area contributed by atoms with Gasteiger partial charge in [0.1, 0.15) is 0 Å².